The normalized spacial score (nSPS) is 12.9. The van der Waals surface area contributed by atoms with Gasteiger partial charge in [0, 0.05) is 27.7 Å². The van der Waals surface area contributed by atoms with Gasteiger partial charge in [-0.2, -0.15) is 0 Å². The molecule has 39 heavy (non-hydrogen) atoms. The van der Waals surface area contributed by atoms with Crippen LogP contribution in [0.25, 0.3) is 0 Å². The summed E-state index contributed by atoms with van der Waals surface area (Å²) in [6.45, 7) is 4.92. The molecular weight excluding hydrogens is 581 g/mol. The Morgan fingerprint density at radius 1 is 0.872 bits per heavy atom. The van der Waals surface area contributed by atoms with Crippen LogP contribution in [0, 0.1) is 0 Å². The number of nitrogens with one attached hydrogen (secondary N) is 1. The third-order valence-electron chi connectivity index (χ3n) is 6.21. The summed E-state index contributed by atoms with van der Waals surface area (Å²) in [5.41, 5.74) is 0.930. The van der Waals surface area contributed by atoms with Crippen molar-refractivity contribution in [2.75, 3.05) is 10.8 Å². The number of amides is 2. The van der Waals surface area contributed by atoms with Crippen LogP contribution >= 0.6 is 34.8 Å². The number of hydrogen-bond donors (Lipinski definition) is 1. The van der Waals surface area contributed by atoms with Crippen LogP contribution in [0.15, 0.2) is 77.7 Å². The van der Waals surface area contributed by atoms with E-state index in [1.165, 1.54) is 35.2 Å². The molecule has 1 N–H and O–H groups in total. The molecule has 208 valence electrons. The molecule has 11 heteroatoms. The van der Waals surface area contributed by atoms with E-state index in [0.29, 0.717) is 21.5 Å². The lowest BCUT2D eigenvalue weighted by molar-refractivity contribution is -0.139. The zero-order valence-electron chi connectivity index (χ0n) is 21.8. The van der Waals surface area contributed by atoms with Crippen molar-refractivity contribution >= 4 is 62.3 Å². The first-order chi connectivity index (χ1) is 18.4. The van der Waals surface area contributed by atoms with Crippen LogP contribution < -0.4 is 9.62 Å². The van der Waals surface area contributed by atoms with E-state index in [1.54, 1.807) is 49.4 Å². The van der Waals surface area contributed by atoms with Gasteiger partial charge in [0.2, 0.25) is 11.8 Å². The van der Waals surface area contributed by atoms with Crippen molar-refractivity contribution in [2.24, 2.45) is 0 Å². The van der Waals surface area contributed by atoms with Crippen LogP contribution in [0.4, 0.5) is 5.69 Å². The van der Waals surface area contributed by atoms with Crippen LogP contribution in [0.2, 0.25) is 15.1 Å². The number of halogens is 3. The van der Waals surface area contributed by atoms with Gasteiger partial charge < -0.3 is 10.2 Å². The lowest BCUT2D eigenvalue weighted by Gasteiger charge is -2.32. The molecule has 0 radical (unpaired) electrons. The molecule has 0 unspecified atom stereocenters. The average Bonchev–Trinajstić information content (AvgIpc) is 2.90. The minimum Gasteiger partial charge on any atom is -0.352 e. The summed E-state index contributed by atoms with van der Waals surface area (Å²) in [6.07, 6.45) is 0.714. The summed E-state index contributed by atoms with van der Waals surface area (Å²) in [5.74, 6) is -0.921. The van der Waals surface area contributed by atoms with E-state index in [-0.39, 0.29) is 29.1 Å². The van der Waals surface area contributed by atoms with Gasteiger partial charge in [-0.3, -0.25) is 13.9 Å². The highest BCUT2D eigenvalue weighted by molar-refractivity contribution is 7.92. The van der Waals surface area contributed by atoms with Crippen molar-refractivity contribution in [3.63, 3.8) is 0 Å². The molecule has 3 aromatic carbocycles. The number of sulfonamides is 1. The summed E-state index contributed by atoms with van der Waals surface area (Å²) in [4.78, 5) is 28.2. The van der Waals surface area contributed by atoms with Crippen molar-refractivity contribution in [3.8, 4) is 0 Å². The van der Waals surface area contributed by atoms with Gasteiger partial charge in [-0.25, -0.2) is 8.42 Å². The fourth-order valence-electron chi connectivity index (χ4n) is 3.73. The van der Waals surface area contributed by atoms with Crippen molar-refractivity contribution in [1.29, 1.82) is 0 Å². The van der Waals surface area contributed by atoms with E-state index in [0.717, 1.165) is 9.87 Å². The molecule has 7 nitrogen and oxygen atoms in total. The fraction of sp³-hybridized carbons (Fsp3) is 0.286. The molecule has 0 saturated carbocycles. The Balaban J connectivity index is 2.02. The van der Waals surface area contributed by atoms with E-state index in [2.05, 4.69) is 5.32 Å². The van der Waals surface area contributed by atoms with Crippen LogP contribution in [-0.4, -0.2) is 43.8 Å². The number of nitrogens with zero attached hydrogens (tertiary/aromatic N) is 2. The topological polar surface area (TPSA) is 86.8 Å². The van der Waals surface area contributed by atoms with Crippen LogP contribution in [0.5, 0.6) is 0 Å². The summed E-state index contributed by atoms with van der Waals surface area (Å²) in [6, 6.07) is 17.8. The molecule has 0 fully saturated rings. The van der Waals surface area contributed by atoms with Gasteiger partial charge in [-0.1, -0.05) is 59.9 Å². The van der Waals surface area contributed by atoms with Gasteiger partial charge in [0.15, 0.2) is 0 Å². The smallest absolute Gasteiger partial charge is 0.264 e. The highest BCUT2D eigenvalue weighted by atomic mass is 35.5. The predicted molar refractivity (Wildman–Crippen MR) is 157 cm³/mol. The zero-order valence-corrected chi connectivity index (χ0v) is 24.9. The molecule has 0 aliphatic rings. The Bertz CT molecular complexity index is 1400. The van der Waals surface area contributed by atoms with E-state index in [4.69, 9.17) is 34.8 Å². The van der Waals surface area contributed by atoms with Gasteiger partial charge in [-0.15, -0.1) is 0 Å². The first kappa shape index (κ1) is 30.8. The summed E-state index contributed by atoms with van der Waals surface area (Å²) >= 11 is 18.2. The molecule has 0 spiro atoms. The highest BCUT2D eigenvalue weighted by Gasteiger charge is 2.33. The highest BCUT2D eigenvalue weighted by Crippen LogP contribution is 2.27. The lowest BCUT2D eigenvalue weighted by atomic mass is 10.1. The molecule has 0 saturated heterocycles. The van der Waals surface area contributed by atoms with Gasteiger partial charge in [-0.05, 0) is 80.4 Å². The fourth-order valence-corrected chi connectivity index (χ4v) is 5.57. The molecule has 3 aromatic rings. The number of hydrogen-bond acceptors (Lipinski definition) is 4. The summed E-state index contributed by atoms with van der Waals surface area (Å²) < 4.78 is 28.5. The van der Waals surface area contributed by atoms with E-state index < -0.39 is 28.5 Å². The van der Waals surface area contributed by atoms with Gasteiger partial charge in [0.05, 0.1) is 10.6 Å². The number of anilines is 1. The third-order valence-corrected chi connectivity index (χ3v) is 8.74. The number of carbonyl (C=O) groups is 2. The SMILES string of the molecule is CC[C@H](C)NC(=O)[C@@H](C)N(Cc1ccc(Cl)cc1)C(=O)CN(c1cccc(Cl)c1)S(=O)(=O)c1ccc(Cl)cc1. The monoisotopic (exact) mass is 609 g/mol. The largest absolute Gasteiger partial charge is 0.352 e. The quantitative estimate of drug-likeness (QED) is 0.281. The van der Waals surface area contributed by atoms with Crippen molar-refractivity contribution in [1.82, 2.24) is 10.2 Å². The number of rotatable bonds is 11. The van der Waals surface area contributed by atoms with Crippen LogP contribution in [0.3, 0.4) is 0 Å². The summed E-state index contributed by atoms with van der Waals surface area (Å²) in [5, 5.41) is 4.10. The Morgan fingerprint density at radius 3 is 2.03 bits per heavy atom. The van der Waals surface area contributed by atoms with E-state index in [9.17, 15) is 18.0 Å². The molecule has 2 amide bonds. The molecular formula is C28H30Cl3N3O4S. The second-order valence-corrected chi connectivity index (χ2v) is 12.3. The van der Waals surface area contributed by atoms with Crippen molar-refractivity contribution in [2.45, 2.75) is 50.7 Å². The van der Waals surface area contributed by atoms with E-state index >= 15 is 0 Å². The second-order valence-electron chi connectivity index (χ2n) is 9.09. The maximum atomic E-state index is 13.9. The van der Waals surface area contributed by atoms with Gasteiger partial charge in [0.25, 0.3) is 10.0 Å². The number of benzene rings is 3. The molecule has 0 heterocycles. The molecule has 0 aliphatic heterocycles. The first-order valence-electron chi connectivity index (χ1n) is 12.3. The van der Waals surface area contributed by atoms with Crippen LogP contribution in [0.1, 0.15) is 32.8 Å². The standard InChI is InChI=1S/C28H30Cl3N3O4S/c1-4-19(2)32-28(36)20(3)33(17-21-8-10-22(29)11-9-21)27(35)18-34(25-7-5-6-24(31)16-25)39(37,38)26-14-12-23(30)13-15-26/h5-16,19-20H,4,17-18H2,1-3H3,(H,32,36)/t19-,20+/m0/s1. The molecule has 0 bridgehead atoms. The Morgan fingerprint density at radius 2 is 1.46 bits per heavy atom. The molecule has 0 aromatic heterocycles. The minimum atomic E-state index is -4.21. The first-order valence-corrected chi connectivity index (χ1v) is 14.9. The van der Waals surface area contributed by atoms with Crippen molar-refractivity contribution in [3.05, 3.63) is 93.4 Å². The van der Waals surface area contributed by atoms with Gasteiger partial charge >= 0.3 is 0 Å². The van der Waals surface area contributed by atoms with Crippen molar-refractivity contribution < 1.29 is 18.0 Å². The molecule has 3 rings (SSSR count). The Kier molecular flexibility index (Phi) is 10.7. The predicted octanol–water partition coefficient (Wildman–Crippen LogP) is 6.17. The lowest BCUT2D eigenvalue weighted by Crippen LogP contribution is -2.52. The number of carbonyl (C=O) groups excluding carboxylic acids is 2. The zero-order chi connectivity index (χ0) is 28.7. The summed E-state index contributed by atoms with van der Waals surface area (Å²) in [7, 11) is -4.21. The molecule has 2 atom stereocenters. The Hall–Kier alpha value is -2.78. The maximum Gasteiger partial charge on any atom is 0.264 e. The second kappa shape index (κ2) is 13.5. The Labute approximate surface area is 244 Å². The maximum absolute atomic E-state index is 13.9. The average molecular weight is 611 g/mol. The minimum absolute atomic E-state index is 0.0495. The van der Waals surface area contributed by atoms with Gasteiger partial charge in [0.1, 0.15) is 12.6 Å². The van der Waals surface area contributed by atoms with E-state index in [1.807, 2.05) is 13.8 Å². The molecule has 0 aliphatic carbocycles. The third kappa shape index (κ3) is 8.11. The van der Waals surface area contributed by atoms with Crippen LogP contribution in [-0.2, 0) is 26.2 Å².